The summed E-state index contributed by atoms with van der Waals surface area (Å²) in [5.74, 6) is 0.0175. The fourth-order valence-electron chi connectivity index (χ4n) is 1.61. The summed E-state index contributed by atoms with van der Waals surface area (Å²) in [6.07, 6.45) is 2.25. The van der Waals surface area contributed by atoms with Crippen molar-refractivity contribution in [1.29, 1.82) is 5.41 Å². The van der Waals surface area contributed by atoms with Gasteiger partial charge >= 0.3 is 0 Å². The highest BCUT2D eigenvalue weighted by atomic mass is 35.5. The molecule has 4 heteroatoms. The summed E-state index contributed by atoms with van der Waals surface area (Å²) in [4.78, 5) is 2.09. The van der Waals surface area contributed by atoms with E-state index >= 15 is 0 Å². The van der Waals surface area contributed by atoms with Crippen LogP contribution >= 0.6 is 11.6 Å². The Labute approximate surface area is 102 Å². The number of rotatable bonds is 5. The van der Waals surface area contributed by atoms with E-state index in [-0.39, 0.29) is 5.84 Å². The van der Waals surface area contributed by atoms with E-state index in [0.29, 0.717) is 10.6 Å². The summed E-state index contributed by atoms with van der Waals surface area (Å²) in [5.41, 5.74) is 7.11. The lowest BCUT2D eigenvalue weighted by Crippen LogP contribution is -2.23. The molecule has 0 saturated carbocycles. The predicted molar refractivity (Wildman–Crippen MR) is 70.6 cm³/mol. The van der Waals surface area contributed by atoms with Crippen LogP contribution in [0, 0.1) is 5.41 Å². The molecule has 0 saturated heterocycles. The minimum atomic E-state index is 0.0175. The van der Waals surface area contributed by atoms with E-state index in [1.165, 1.54) is 0 Å². The Kier molecular flexibility index (Phi) is 4.62. The predicted octanol–water partition coefficient (Wildman–Crippen LogP) is 2.86. The number of hydrogen-bond acceptors (Lipinski definition) is 2. The minimum Gasteiger partial charge on any atom is -0.384 e. The topological polar surface area (TPSA) is 53.1 Å². The van der Waals surface area contributed by atoms with Gasteiger partial charge in [0.15, 0.2) is 0 Å². The van der Waals surface area contributed by atoms with E-state index in [1.807, 2.05) is 19.2 Å². The van der Waals surface area contributed by atoms with E-state index in [2.05, 4.69) is 11.8 Å². The summed E-state index contributed by atoms with van der Waals surface area (Å²) in [6, 6.07) is 5.58. The van der Waals surface area contributed by atoms with Crippen molar-refractivity contribution >= 4 is 23.1 Å². The van der Waals surface area contributed by atoms with E-state index in [0.717, 1.165) is 25.1 Å². The zero-order chi connectivity index (χ0) is 12.1. The van der Waals surface area contributed by atoms with Gasteiger partial charge in [0.25, 0.3) is 0 Å². The van der Waals surface area contributed by atoms with Crippen LogP contribution in [0.25, 0.3) is 0 Å². The average molecular weight is 240 g/mol. The minimum absolute atomic E-state index is 0.0175. The van der Waals surface area contributed by atoms with Gasteiger partial charge in [-0.1, -0.05) is 31.0 Å². The van der Waals surface area contributed by atoms with Crippen molar-refractivity contribution in [3.63, 3.8) is 0 Å². The number of nitrogens with one attached hydrogen (secondary N) is 1. The normalized spacial score (nSPS) is 10.2. The number of halogens is 1. The highest BCUT2D eigenvalue weighted by Crippen LogP contribution is 2.26. The summed E-state index contributed by atoms with van der Waals surface area (Å²) >= 11 is 6.05. The van der Waals surface area contributed by atoms with E-state index in [4.69, 9.17) is 22.7 Å². The van der Waals surface area contributed by atoms with E-state index in [9.17, 15) is 0 Å². The fourth-order valence-corrected chi connectivity index (χ4v) is 1.88. The van der Waals surface area contributed by atoms with Gasteiger partial charge in [0.2, 0.25) is 0 Å². The third-order valence-electron chi connectivity index (χ3n) is 2.52. The molecule has 16 heavy (non-hydrogen) atoms. The maximum Gasteiger partial charge on any atom is 0.126 e. The molecule has 3 nitrogen and oxygen atoms in total. The molecule has 0 bridgehead atoms. The van der Waals surface area contributed by atoms with Gasteiger partial charge in [-0.05, 0) is 18.6 Å². The smallest absolute Gasteiger partial charge is 0.126 e. The molecule has 0 aliphatic carbocycles. The molecule has 0 atom stereocenters. The van der Waals surface area contributed by atoms with Crippen LogP contribution in [0.4, 0.5) is 5.69 Å². The molecule has 0 aromatic heterocycles. The number of amidine groups is 1. The molecule has 0 radical (unpaired) electrons. The van der Waals surface area contributed by atoms with Crippen LogP contribution < -0.4 is 10.6 Å². The van der Waals surface area contributed by atoms with Gasteiger partial charge in [0.05, 0.1) is 10.6 Å². The Morgan fingerprint density at radius 2 is 2.19 bits per heavy atom. The Balaban J connectivity index is 3.02. The number of nitrogen functional groups attached to an aromatic ring is 1. The Morgan fingerprint density at radius 1 is 1.50 bits per heavy atom. The molecular formula is C12H18ClN3. The van der Waals surface area contributed by atoms with Crippen molar-refractivity contribution in [3.05, 3.63) is 28.8 Å². The number of nitrogens with two attached hydrogens (primary N) is 1. The van der Waals surface area contributed by atoms with Crippen molar-refractivity contribution in [2.45, 2.75) is 19.8 Å². The second-order valence-corrected chi connectivity index (χ2v) is 4.23. The highest BCUT2D eigenvalue weighted by molar-refractivity contribution is 6.34. The summed E-state index contributed by atoms with van der Waals surface area (Å²) in [7, 11) is 1.99. The van der Waals surface area contributed by atoms with E-state index in [1.54, 1.807) is 6.07 Å². The summed E-state index contributed by atoms with van der Waals surface area (Å²) in [6.45, 7) is 3.09. The quantitative estimate of drug-likeness (QED) is 0.613. The molecule has 0 amide bonds. The van der Waals surface area contributed by atoms with Crippen LogP contribution in [-0.4, -0.2) is 19.4 Å². The third kappa shape index (κ3) is 2.89. The molecule has 0 heterocycles. The largest absolute Gasteiger partial charge is 0.384 e. The molecule has 1 rings (SSSR count). The molecule has 3 N–H and O–H groups in total. The molecule has 0 spiro atoms. The standard InChI is InChI=1S/C12H18ClN3/c1-3-4-8-16(2)10-7-5-6-9(13)11(10)12(14)15/h5-7H,3-4,8H2,1-2H3,(H3,14,15). The van der Waals surface area contributed by atoms with E-state index < -0.39 is 0 Å². The first-order valence-corrected chi connectivity index (χ1v) is 5.79. The average Bonchev–Trinajstić information content (AvgIpc) is 2.24. The zero-order valence-corrected chi connectivity index (χ0v) is 10.5. The Bertz CT molecular complexity index is 377. The Hall–Kier alpha value is -1.22. The van der Waals surface area contributed by atoms with Gasteiger partial charge in [-0.2, -0.15) is 0 Å². The van der Waals surface area contributed by atoms with Crippen LogP contribution in [-0.2, 0) is 0 Å². The maximum atomic E-state index is 7.55. The zero-order valence-electron chi connectivity index (χ0n) is 9.76. The first kappa shape index (κ1) is 12.8. The van der Waals surface area contributed by atoms with Crippen LogP contribution in [0.1, 0.15) is 25.3 Å². The first-order chi connectivity index (χ1) is 7.57. The summed E-state index contributed by atoms with van der Waals surface area (Å²) in [5, 5.41) is 8.09. The van der Waals surface area contributed by atoms with Gasteiger partial charge in [-0.25, -0.2) is 0 Å². The second kappa shape index (κ2) is 5.75. The second-order valence-electron chi connectivity index (χ2n) is 3.82. The van der Waals surface area contributed by atoms with Crippen LogP contribution in [0.3, 0.4) is 0 Å². The van der Waals surface area contributed by atoms with Crippen molar-refractivity contribution in [1.82, 2.24) is 0 Å². The molecule has 0 unspecified atom stereocenters. The van der Waals surface area contributed by atoms with Gasteiger partial charge in [-0.3, -0.25) is 5.41 Å². The molecule has 0 aliphatic heterocycles. The van der Waals surface area contributed by atoms with Gasteiger partial charge < -0.3 is 10.6 Å². The third-order valence-corrected chi connectivity index (χ3v) is 2.83. The molecule has 0 aliphatic rings. The van der Waals surface area contributed by atoms with Gasteiger partial charge in [0, 0.05) is 19.3 Å². The fraction of sp³-hybridized carbons (Fsp3) is 0.417. The van der Waals surface area contributed by atoms with Crippen molar-refractivity contribution in [3.8, 4) is 0 Å². The van der Waals surface area contributed by atoms with Crippen LogP contribution in [0.2, 0.25) is 5.02 Å². The Morgan fingerprint density at radius 3 is 2.75 bits per heavy atom. The lowest BCUT2D eigenvalue weighted by Gasteiger charge is -2.22. The maximum absolute atomic E-state index is 7.55. The highest BCUT2D eigenvalue weighted by Gasteiger charge is 2.12. The summed E-state index contributed by atoms with van der Waals surface area (Å²) < 4.78 is 0. The monoisotopic (exact) mass is 239 g/mol. The van der Waals surface area contributed by atoms with Crippen molar-refractivity contribution in [2.75, 3.05) is 18.5 Å². The molecule has 1 aromatic carbocycles. The number of anilines is 1. The van der Waals surface area contributed by atoms with Gasteiger partial charge in [0.1, 0.15) is 5.84 Å². The van der Waals surface area contributed by atoms with Crippen molar-refractivity contribution in [2.24, 2.45) is 5.73 Å². The molecule has 88 valence electrons. The van der Waals surface area contributed by atoms with Gasteiger partial charge in [-0.15, -0.1) is 0 Å². The lowest BCUT2D eigenvalue weighted by molar-refractivity contribution is 0.766. The number of hydrogen-bond donors (Lipinski definition) is 2. The number of unbranched alkanes of at least 4 members (excludes halogenated alkanes) is 1. The first-order valence-electron chi connectivity index (χ1n) is 5.42. The van der Waals surface area contributed by atoms with Crippen molar-refractivity contribution < 1.29 is 0 Å². The SMILES string of the molecule is CCCCN(C)c1cccc(Cl)c1C(=N)N. The van der Waals surface area contributed by atoms with Crippen LogP contribution in [0.15, 0.2) is 18.2 Å². The molecular weight excluding hydrogens is 222 g/mol. The molecule has 1 aromatic rings. The number of nitrogens with zero attached hydrogens (tertiary/aromatic N) is 1. The number of benzene rings is 1. The lowest BCUT2D eigenvalue weighted by atomic mass is 10.1. The van der Waals surface area contributed by atoms with Crippen LogP contribution in [0.5, 0.6) is 0 Å². The molecule has 0 fully saturated rings.